The average molecular weight is 378 g/mol. The van der Waals surface area contributed by atoms with Crippen LogP contribution in [0.3, 0.4) is 0 Å². The van der Waals surface area contributed by atoms with Crippen LogP contribution >= 0.6 is 28.1 Å². The maximum Gasteiger partial charge on any atom is 0.248 e. The van der Waals surface area contributed by atoms with E-state index in [9.17, 15) is 4.79 Å². The lowest BCUT2D eigenvalue weighted by atomic mass is 10.1. The first-order valence-corrected chi connectivity index (χ1v) is 7.88. The van der Waals surface area contributed by atoms with E-state index in [0.717, 1.165) is 15.7 Å². The predicted octanol–water partition coefficient (Wildman–Crippen LogP) is 3.60. The van der Waals surface area contributed by atoms with Crippen molar-refractivity contribution < 1.29 is 4.79 Å². The molecule has 0 saturated carbocycles. The summed E-state index contributed by atoms with van der Waals surface area (Å²) < 4.78 is 1.04. The van der Waals surface area contributed by atoms with E-state index >= 15 is 0 Å². The number of carbonyl (C=O) groups excluding carboxylic acids is 1. The summed E-state index contributed by atoms with van der Waals surface area (Å²) in [4.78, 5) is 11.0. The van der Waals surface area contributed by atoms with Gasteiger partial charge in [-0.2, -0.15) is 0 Å². The van der Waals surface area contributed by atoms with Gasteiger partial charge in [-0.1, -0.05) is 28.1 Å². The van der Waals surface area contributed by atoms with E-state index in [-0.39, 0.29) is 6.04 Å². The molecule has 1 amide bonds. The van der Waals surface area contributed by atoms with Crippen molar-refractivity contribution in [2.75, 3.05) is 5.32 Å². The Balaban J connectivity index is 1.94. The monoisotopic (exact) mass is 377 g/mol. The zero-order chi connectivity index (χ0) is 16.1. The maximum absolute atomic E-state index is 11.0. The first kappa shape index (κ1) is 16.5. The molecule has 2 rings (SSSR count). The zero-order valence-electron chi connectivity index (χ0n) is 12.0. The van der Waals surface area contributed by atoms with Gasteiger partial charge in [-0.3, -0.25) is 4.79 Å². The number of amides is 1. The van der Waals surface area contributed by atoms with Gasteiger partial charge >= 0.3 is 0 Å². The van der Waals surface area contributed by atoms with E-state index in [4.69, 9.17) is 18.0 Å². The molecule has 4 nitrogen and oxygen atoms in total. The topological polar surface area (TPSA) is 67.2 Å². The molecule has 0 unspecified atom stereocenters. The number of rotatable bonds is 4. The van der Waals surface area contributed by atoms with Gasteiger partial charge in [-0.15, -0.1) is 0 Å². The molecule has 0 aliphatic carbocycles. The van der Waals surface area contributed by atoms with E-state index in [0.29, 0.717) is 10.7 Å². The molecule has 0 aromatic heterocycles. The van der Waals surface area contributed by atoms with Crippen LogP contribution in [-0.2, 0) is 0 Å². The number of benzene rings is 2. The van der Waals surface area contributed by atoms with Crippen molar-refractivity contribution in [3.63, 3.8) is 0 Å². The summed E-state index contributed by atoms with van der Waals surface area (Å²) in [7, 11) is 0. The Morgan fingerprint density at radius 1 is 1.14 bits per heavy atom. The number of nitrogens with one attached hydrogen (secondary N) is 2. The van der Waals surface area contributed by atoms with Gasteiger partial charge in [0.2, 0.25) is 5.91 Å². The molecule has 0 spiro atoms. The summed E-state index contributed by atoms with van der Waals surface area (Å²) in [5, 5.41) is 6.81. The molecule has 0 heterocycles. The average Bonchev–Trinajstić information content (AvgIpc) is 2.48. The van der Waals surface area contributed by atoms with E-state index in [1.165, 1.54) is 0 Å². The Labute approximate surface area is 143 Å². The fraction of sp³-hybridized carbons (Fsp3) is 0.125. The molecule has 2 aromatic rings. The van der Waals surface area contributed by atoms with E-state index < -0.39 is 5.91 Å². The second-order valence-electron chi connectivity index (χ2n) is 4.81. The van der Waals surface area contributed by atoms with Gasteiger partial charge in [0.15, 0.2) is 5.11 Å². The Hall–Kier alpha value is -1.92. The molecular formula is C16H16BrN3OS. The SMILES string of the molecule is C[C@H](NC(=S)Nc1ccc(C(N)=O)cc1)c1ccc(Br)cc1. The van der Waals surface area contributed by atoms with Crippen molar-refractivity contribution in [2.45, 2.75) is 13.0 Å². The van der Waals surface area contributed by atoms with Crippen LogP contribution in [0.4, 0.5) is 5.69 Å². The second-order valence-corrected chi connectivity index (χ2v) is 6.14. The quantitative estimate of drug-likeness (QED) is 0.712. The molecular weight excluding hydrogens is 362 g/mol. The predicted molar refractivity (Wildman–Crippen MR) is 96.9 cm³/mol. The normalized spacial score (nSPS) is 11.5. The van der Waals surface area contributed by atoms with Gasteiger partial charge in [0.05, 0.1) is 6.04 Å². The summed E-state index contributed by atoms with van der Waals surface area (Å²) in [6, 6.07) is 15.0. The molecule has 0 fully saturated rings. The molecule has 22 heavy (non-hydrogen) atoms. The lowest BCUT2D eigenvalue weighted by Gasteiger charge is -2.17. The van der Waals surface area contributed by atoms with Crippen LogP contribution in [-0.4, -0.2) is 11.0 Å². The van der Waals surface area contributed by atoms with Gasteiger partial charge in [-0.25, -0.2) is 0 Å². The number of hydrogen-bond acceptors (Lipinski definition) is 2. The number of thiocarbonyl (C=S) groups is 1. The molecule has 0 aliphatic rings. The maximum atomic E-state index is 11.0. The smallest absolute Gasteiger partial charge is 0.248 e. The van der Waals surface area contributed by atoms with E-state index in [1.54, 1.807) is 24.3 Å². The first-order chi connectivity index (χ1) is 10.5. The Bertz CT molecular complexity index is 671. The minimum Gasteiger partial charge on any atom is -0.366 e. The third kappa shape index (κ3) is 4.54. The summed E-state index contributed by atoms with van der Waals surface area (Å²) in [6.07, 6.45) is 0. The Kier molecular flexibility index (Phi) is 5.51. The molecule has 6 heteroatoms. The molecule has 0 radical (unpaired) electrons. The summed E-state index contributed by atoms with van der Waals surface area (Å²) in [6.45, 7) is 2.04. The van der Waals surface area contributed by atoms with Crippen LogP contribution in [0.2, 0.25) is 0 Å². The fourth-order valence-electron chi connectivity index (χ4n) is 1.92. The molecule has 0 saturated heterocycles. The van der Waals surface area contributed by atoms with Gasteiger partial charge in [0, 0.05) is 15.7 Å². The molecule has 2 aromatic carbocycles. The lowest BCUT2D eigenvalue weighted by Crippen LogP contribution is -2.30. The molecule has 0 aliphatic heterocycles. The van der Waals surface area contributed by atoms with E-state index in [2.05, 4.69) is 26.6 Å². The second kappa shape index (κ2) is 7.38. The molecule has 0 bridgehead atoms. The highest BCUT2D eigenvalue weighted by atomic mass is 79.9. The van der Waals surface area contributed by atoms with Gasteiger partial charge < -0.3 is 16.4 Å². The summed E-state index contributed by atoms with van der Waals surface area (Å²) in [5.74, 6) is -0.448. The standard InChI is InChI=1S/C16H16BrN3OS/c1-10(11-2-6-13(17)7-3-11)19-16(22)20-14-8-4-12(5-9-14)15(18)21/h2-10H,1H3,(H2,18,21)(H2,19,20,22)/t10-/m0/s1. The number of halogens is 1. The third-order valence-electron chi connectivity index (χ3n) is 3.14. The van der Waals surface area contributed by atoms with Gasteiger partial charge in [0.1, 0.15) is 0 Å². The number of primary amides is 1. The summed E-state index contributed by atoms with van der Waals surface area (Å²) in [5.41, 5.74) is 7.60. The fourth-order valence-corrected chi connectivity index (χ4v) is 2.48. The Morgan fingerprint density at radius 3 is 2.27 bits per heavy atom. The van der Waals surface area contributed by atoms with Crippen molar-refractivity contribution in [1.82, 2.24) is 5.32 Å². The van der Waals surface area contributed by atoms with Gasteiger partial charge in [0.25, 0.3) is 0 Å². The van der Waals surface area contributed by atoms with Crippen LogP contribution < -0.4 is 16.4 Å². The third-order valence-corrected chi connectivity index (χ3v) is 3.89. The van der Waals surface area contributed by atoms with Gasteiger partial charge in [-0.05, 0) is 61.1 Å². The van der Waals surface area contributed by atoms with Crippen molar-refractivity contribution in [3.8, 4) is 0 Å². The minimum atomic E-state index is -0.448. The number of nitrogens with two attached hydrogens (primary N) is 1. The van der Waals surface area contributed by atoms with E-state index in [1.807, 2.05) is 31.2 Å². The van der Waals surface area contributed by atoms with Crippen LogP contribution in [0.1, 0.15) is 28.9 Å². The lowest BCUT2D eigenvalue weighted by molar-refractivity contribution is 0.100. The zero-order valence-corrected chi connectivity index (χ0v) is 14.4. The highest BCUT2D eigenvalue weighted by Gasteiger charge is 2.07. The van der Waals surface area contributed by atoms with Crippen molar-refractivity contribution in [3.05, 3.63) is 64.1 Å². The molecule has 4 N–H and O–H groups in total. The highest BCUT2D eigenvalue weighted by Crippen LogP contribution is 2.17. The summed E-state index contributed by atoms with van der Waals surface area (Å²) >= 11 is 8.71. The van der Waals surface area contributed by atoms with Crippen LogP contribution in [0.5, 0.6) is 0 Å². The van der Waals surface area contributed by atoms with Crippen molar-refractivity contribution >= 4 is 44.9 Å². The molecule has 114 valence electrons. The van der Waals surface area contributed by atoms with Crippen molar-refractivity contribution in [1.29, 1.82) is 0 Å². The first-order valence-electron chi connectivity index (χ1n) is 6.68. The van der Waals surface area contributed by atoms with Crippen molar-refractivity contribution in [2.24, 2.45) is 5.73 Å². The molecule has 1 atom stereocenters. The number of hydrogen-bond donors (Lipinski definition) is 3. The van der Waals surface area contributed by atoms with Crippen LogP contribution in [0.25, 0.3) is 0 Å². The largest absolute Gasteiger partial charge is 0.366 e. The minimum absolute atomic E-state index is 0.0815. The highest BCUT2D eigenvalue weighted by molar-refractivity contribution is 9.10. The van der Waals surface area contributed by atoms with Crippen LogP contribution in [0, 0.1) is 0 Å². The number of carbonyl (C=O) groups is 1. The van der Waals surface area contributed by atoms with Crippen LogP contribution in [0.15, 0.2) is 53.0 Å². The Morgan fingerprint density at radius 2 is 1.73 bits per heavy atom. The number of anilines is 1.